The number of rotatable bonds is 6. The molecular weight excluding hydrogens is 446 g/mol. The molecule has 0 fully saturated rings. The molecule has 34 heavy (non-hydrogen) atoms. The zero-order valence-electron chi connectivity index (χ0n) is 19.2. The number of aromatic hydroxyl groups is 2. The van der Waals surface area contributed by atoms with Gasteiger partial charge in [-0.25, -0.2) is 0 Å². The smallest absolute Gasteiger partial charge is 0.196 e. The van der Waals surface area contributed by atoms with Gasteiger partial charge in [0.25, 0.3) is 0 Å². The van der Waals surface area contributed by atoms with Gasteiger partial charge in [0.05, 0.1) is 11.3 Å². The number of hydrogen-bond donors (Lipinski definition) is 2. The van der Waals surface area contributed by atoms with Gasteiger partial charge in [-0.05, 0) is 53.4 Å². The second kappa shape index (κ2) is 8.87. The molecule has 0 aliphatic heterocycles. The third-order valence-electron chi connectivity index (χ3n) is 5.86. The van der Waals surface area contributed by atoms with E-state index in [4.69, 9.17) is 0 Å². The van der Waals surface area contributed by atoms with E-state index in [1.165, 1.54) is 6.07 Å². The zero-order chi connectivity index (χ0) is 23.8. The normalized spacial score (nSPS) is 11.5. The number of aryl methyl sites for hydroxylation is 1. The van der Waals surface area contributed by atoms with Gasteiger partial charge in [0.2, 0.25) is 0 Å². The monoisotopic (exact) mass is 471 g/mol. The predicted molar refractivity (Wildman–Crippen MR) is 134 cm³/mol. The van der Waals surface area contributed by atoms with E-state index in [2.05, 4.69) is 37.9 Å². The van der Waals surface area contributed by atoms with Crippen LogP contribution in [0, 0.1) is 0 Å². The summed E-state index contributed by atoms with van der Waals surface area (Å²) >= 11 is 1.55. The summed E-state index contributed by atoms with van der Waals surface area (Å²) in [4.78, 5) is 4.20. The highest BCUT2D eigenvalue weighted by molar-refractivity contribution is 7.98. The minimum Gasteiger partial charge on any atom is -0.508 e. The topological polar surface area (TPSA) is 89.0 Å². The maximum absolute atomic E-state index is 10.8. The minimum atomic E-state index is -0.0415. The van der Waals surface area contributed by atoms with Crippen LogP contribution in [0.1, 0.15) is 30.9 Å². The van der Waals surface area contributed by atoms with E-state index in [1.54, 1.807) is 24.0 Å². The Hall–Kier alpha value is -3.78. The molecule has 172 valence electrons. The lowest BCUT2D eigenvalue weighted by Crippen LogP contribution is -2.01. The molecule has 0 spiro atoms. The van der Waals surface area contributed by atoms with Crippen molar-refractivity contribution in [1.29, 1.82) is 0 Å². The van der Waals surface area contributed by atoms with Gasteiger partial charge in [0.1, 0.15) is 11.5 Å². The minimum absolute atomic E-state index is 0.0415. The summed E-state index contributed by atoms with van der Waals surface area (Å²) in [6.45, 7) is 4.00. The van der Waals surface area contributed by atoms with E-state index in [0.29, 0.717) is 22.3 Å². The molecule has 0 saturated carbocycles. The standard InChI is InChI=1S/C26H25N5O2S/c1-16(2)20-12-21(24(33)13-23(20)32)25-28-29-26(34-15-17-5-4-9-27-14-17)31(25)19-6-7-22-18(11-19)8-10-30(22)3/h4-14,16,32-33H,15H2,1-3H3. The molecule has 7 nitrogen and oxygen atoms in total. The van der Waals surface area contributed by atoms with Gasteiger partial charge in [0, 0.05) is 48.4 Å². The van der Waals surface area contributed by atoms with E-state index >= 15 is 0 Å². The van der Waals surface area contributed by atoms with Gasteiger partial charge in [-0.15, -0.1) is 10.2 Å². The molecule has 0 radical (unpaired) electrons. The lowest BCUT2D eigenvalue weighted by atomic mass is 9.98. The van der Waals surface area contributed by atoms with Crippen LogP contribution in [0.4, 0.5) is 0 Å². The van der Waals surface area contributed by atoms with Gasteiger partial charge in [-0.2, -0.15) is 0 Å². The second-order valence-electron chi connectivity index (χ2n) is 8.54. The van der Waals surface area contributed by atoms with Crippen LogP contribution in [0.25, 0.3) is 28.0 Å². The number of pyridine rings is 1. The van der Waals surface area contributed by atoms with Crippen molar-refractivity contribution in [1.82, 2.24) is 24.3 Å². The highest BCUT2D eigenvalue weighted by Crippen LogP contribution is 2.39. The number of phenolic OH excluding ortho intramolecular Hbond substituents is 2. The molecule has 0 aliphatic rings. The van der Waals surface area contributed by atoms with Crippen molar-refractivity contribution in [2.24, 2.45) is 7.05 Å². The van der Waals surface area contributed by atoms with Gasteiger partial charge < -0.3 is 14.8 Å². The molecule has 2 N–H and O–H groups in total. The third-order valence-corrected chi connectivity index (χ3v) is 6.86. The molecule has 3 heterocycles. The Morgan fingerprint density at radius 2 is 1.85 bits per heavy atom. The van der Waals surface area contributed by atoms with E-state index in [9.17, 15) is 10.2 Å². The highest BCUT2D eigenvalue weighted by atomic mass is 32.2. The average molecular weight is 472 g/mol. The first-order chi connectivity index (χ1) is 16.4. The predicted octanol–water partition coefficient (Wildman–Crippen LogP) is 5.65. The molecular formula is C26H25N5O2S. The summed E-state index contributed by atoms with van der Waals surface area (Å²) in [6.07, 6.45) is 5.62. The average Bonchev–Trinajstić information content (AvgIpc) is 3.41. The van der Waals surface area contributed by atoms with E-state index < -0.39 is 0 Å². The molecule has 0 aliphatic carbocycles. The number of thioether (sulfide) groups is 1. The molecule has 3 aromatic heterocycles. The van der Waals surface area contributed by atoms with Crippen LogP contribution < -0.4 is 0 Å². The van der Waals surface area contributed by atoms with Crippen LogP contribution in [0.2, 0.25) is 0 Å². The van der Waals surface area contributed by atoms with E-state index in [0.717, 1.165) is 27.7 Å². The fourth-order valence-electron chi connectivity index (χ4n) is 4.05. The van der Waals surface area contributed by atoms with Crippen molar-refractivity contribution in [2.75, 3.05) is 0 Å². The molecule has 2 aromatic carbocycles. The van der Waals surface area contributed by atoms with Gasteiger partial charge in [0.15, 0.2) is 11.0 Å². The molecule has 0 bridgehead atoms. The SMILES string of the molecule is CC(C)c1cc(-c2nnc(SCc3cccnc3)n2-c2ccc3c(ccn3C)c2)c(O)cc1O. The number of benzene rings is 2. The van der Waals surface area contributed by atoms with Gasteiger partial charge >= 0.3 is 0 Å². The molecule has 0 amide bonds. The molecule has 0 saturated heterocycles. The second-order valence-corrected chi connectivity index (χ2v) is 9.49. The van der Waals surface area contributed by atoms with Crippen molar-refractivity contribution in [3.05, 3.63) is 78.2 Å². The number of nitrogens with zero attached hydrogens (tertiary/aromatic N) is 5. The maximum atomic E-state index is 10.8. The molecule has 0 unspecified atom stereocenters. The molecule has 5 rings (SSSR count). The van der Waals surface area contributed by atoms with E-state index in [-0.39, 0.29) is 17.4 Å². The Kier molecular flexibility index (Phi) is 5.75. The molecule has 5 aromatic rings. The fourth-order valence-corrected chi connectivity index (χ4v) is 4.93. The lowest BCUT2D eigenvalue weighted by molar-refractivity contribution is 0.444. The zero-order valence-corrected chi connectivity index (χ0v) is 20.0. The first-order valence-corrected chi connectivity index (χ1v) is 12.0. The molecule has 0 atom stereocenters. The first kappa shape index (κ1) is 22.0. The lowest BCUT2D eigenvalue weighted by Gasteiger charge is -2.15. The van der Waals surface area contributed by atoms with Crippen molar-refractivity contribution in [3.63, 3.8) is 0 Å². The summed E-state index contributed by atoms with van der Waals surface area (Å²) in [5.41, 5.74) is 4.36. The summed E-state index contributed by atoms with van der Waals surface area (Å²) < 4.78 is 4.04. The summed E-state index contributed by atoms with van der Waals surface area (Å²) in [6, 6.07) is 15.4. The summed E-state index contributed by atoms with van der Waals surface area (Å²) in [5.74, 6) is 1.30. The fraction of sp³-hybridized carbons (Fsp3) is 0.192. The maximum Gasteiger partial charge on any atom is 0.196 e. The third kappa shape index (κ3) is 4.01. The quantitative estimate of drug-likeness (QED) is 0.311. The Bertz CT molecular complexity index is 1470. The van der Waals surface area contributed by atoms with Crippen LogP contribution in [-0.4, -0.2) is 34.5 Å². The largest absolute Gasteiger partial charge is 0.508 e. The number of fused-ring (bicyclic) bond motifs is 1. The van der Waals surface area contributed by atoms with Crippen molar-refractivity contribution in [3.8, 4) is 28.6 Å². The Balaban J connectivity index is 1.66. The number of aromatic nitrogens is 5. The van der Waals surface area contributed by atoms with Crippen LogP contribution >= 0.6 is 11.8 Å². The number of phenols is 2. The Labute approximate surface area is 201 Å². The van der Waals surface area contributed by atoms with Gasteiger partial charge in [-0.1, -0.05) is 31.7 Å². The van der Waals surface area contributed by atoms with E-state index in [1.807, 2.05) is 56.1 Å². The molecule has 8 heteroatoms. The first-order valence-electron chi connectivity index (χ1n) is 11.0. The number of hydrogen-bond acceptors (Lipinski definition) is 6. The summed E-state index contributed by atoms with van der Waals surface area (Å²) in [7, 11) is 2.02. The van der Waals surface area contributed by atoms with Crippen LogP contribution in [-0.2, 0) is 12.8 Å². The highest BCUT2D eigenvalue weighted by Gasteiger charge is 2.22. The van der Waals surface area contributed by atoms with Crippen LogP contribution in [0.5, 0.6) is 11.5 Å². The summed E-state index contributed by atoms with van der Waals surface area (Å²) in [5, 5.41) is 31.9. The van der Waals surface area contributed by atoms with Crippen molar-refractivity contribution < 1.29 is 10.2 Å². The Morgan fingerprint density at radius 3 is 2.62 bits per heavy atom. The van der Waals surface area contributed by atoms with Crippen molar-refractivity contribution in [2.45, 2.75) is 30.7 Å². The Morgan fingerprint density at radius 1 is 1.00 bits per heavy atom. The van der Waals surface area contributed by atoms with Crippen molar-refractivity contribution >= 4 is 22.7 Å². The van der Waals surface area contributed by atoms with Crippen LogP contribution in [0.15, 0.2) is 72.3 Å². The van der Waals surface area contributed by atoms with Crippen LogP contribution in [0.3, 0.4) is 0 Å². The van der Waals surface area contributed by atoms with Gasteiger partial charge in [-0.3, -0.25) is 9.55 Å².